The van der Waals surface area contributed by atoms with Crippen LogP contribution in [-0.2, 0) is 4.79 Å². The van der Waals surface area contributed by atoms with Crippen molar-refractivity contribution in [2.75, 3.05) is 27.2 Å². The monoisotopic (exact) mass is 301 g/mol. The number of carbonyl (C=O) groups excluding carboxylic acids is 1. The Hall–Kier alpha value is -0.610. The summed E-state index contributed by atoms with van der Waals surface area (Å²) in [5.41, 5.74) is 0. The molecule has 0 bridgehead atoms. The van der Waals surface area contributed by atoms with Gasteiger partial charge in [-0.1, -0.05) is 58.3 Å². The number of hydrogen-bond donors (Lipinski definition) is 1. The number of quaternary nitrogens is 1. The second-order valence-electron chi connectivity index (χ2n) is 6.88. The first kappa shape index (κ1) is 20.4. The molecule has 0 amide bonds. The Balaban J connectivity index is 3.56. The number of rotatable bonds is 14. The van der Waals surface area contributed by atoms with E-state index in [9.17, 15) is 15.0 Å². The maximum atomic E-state index is 10.5. The van der Waals surface area contributed by atoms with Gasteiger partial charge < -0.3 is 19.5 Å². The first-order chi connectivity index (χ1) is 9.87. The molecule has 0 aliphatic heterocycles. The van der Waals surface area contributed by atoms with Crippen molar-refractivity contribution in [1.29, 1.82) is 0 Å². The fourth-order valence-electron chi connectivity index (χ4n) is 2.66. The zero-order valence-corrected chi connectivity index (χ0v) is 14.3. The van der Waals surface area contributed by atoms with Crippen molar-refractivity contribution in [3.05, 3.63) is 0 Å². The molecule has 0 heterocycles. The van der Waals surface area contributed by atoms with E-state index in [1.807, 2.05) is 14.1 Å². The fourth-order valence-corrected chi connectivity index (χ4v) is 2.66. The van der Waals surface area contributed by atoms with Crippen LogP contribution in [0.5, 0.6) is 0 Å². The van der Waals surface area contributed by atoms with Gasteiger partial charge in [0, 0.05) is 12.4 Å². The Bertz CT molecular complexity index is 267. The van der Waals surface area contributed by atoms with Crippen LogP contribution in [0.15, 0.2) is 0 Å². The highest BCUT2D eigenvalue weighted by molar-refractivity contribution is 5.64. The summed E-state index contributed by atoms with van der Waals surface area (Å²) >= 11 is 0. The molecular formula is C17H35NO3. The van der Waals surface area contributed by atoms with Crippen molar-refractivity contribution in [3.63, 3.8) is 0 Å². The van der Waals surface area contributed by atoms with E-state index in [1.54, 1.807) is 0 Å². The number of nitrogens with zero attached hydrogens (tertiary/aromatic N) is 1. The summed E-state index contributed by atoms with van der Waals surface area (Å²) in [7, 11) is 3.92. The minimum Gasteiger partial charge on any atom is -0.550 e. The van der Waals surface area contributed by atoms with Gasteiger partial charge in [-0.2, -0.15) is 0 Å². The molecule has 0 radical (unpaired) electrons. The zero-order chi connectivity index (χ0) is 16.1. The summed E-state index contributed by atoms with van der Waals surface area (Å²) in [6.07, 6.45) is 10.7. The largest absolute Gasteiger partial charge is 0.550 e. The molecule has 0 saturated carbocycles. The van der Waals surface area contributed by atoms with E-state index < -0.39 is 5.97 Å². The van der Waals surface area contributed by atoms with E-state index in [0.29, 0.717) is 17.6 Å². The Morgan fingerprint density at radius 2 is 1.57 bits per heavy atom. The molecule has 0 aromatic carbocycles. The fraction of sp³-hybridized carbons (Fsp3) is 0.941. The Kier molecular flexibility index (Phi) is 11.6. The highest BCUT2D eigenvalue weighted by Gasteiger charge is 2.19. The highest BCUT2D eigenvalue weighted by atomic mass is 16.4. The smallest absolute Gasteiger partial charge is 0.105 e. The number of hydrogen-bond acceptors (Lipinski definition) is 3. The van der Waals surface area contributed by atoms with Gasteiger partial charge in [0.15, 0.2) is 0 Å². The summed E-state index contributed by atoms with van der Waals surface area (Å²) in [6, 6.07) is 0. The van der Waals surface area contributed by atoms with Gasteiger partial charge in [-0.3, -0.25) is 0 Å². The molecule has 0 fully saturated rings. The van der Waals surface area contributed by atoms with E-state index in [1.165, 1.54) is 44.9 Å². The Labute approximate surface area is 130 Å². The lowest BCUT2D eigenvalue weighted by atomic mass is 10.1. The molecule has 0 rings (SSSR count). The zero-order valence-electron chi connectivity index (χ0n) is 14.3. The standard InChI is InChI=1S/C17H35NO3/c1-4-5-6-7-8-9-10-11-12-16(19)15-18(2,3)14-13-17(20)21/h16,19H,4-15H2,1-3H3. The molecule has 126 valence electrons. The van der Waals surface area contributed by atoms with Crippen LogP contribution < -0.4 is 5.11 Å². The molecule has 1 atom stereocenters. The van der Waals surface area contributed by atoms with Crippen LogP contribution in [0.25, 0.3) is 0 Å². The van der Waals surface area contributed by atoms with E-state index in [0.717, 1.165) is 12.8 Å². The lowest BCUT2D eigenvalue weighted by Gasteiger charge is -2.32. The van der Waals surface area contributed by atoms with Crippen LogP contribution in [0, 0.1) is 0 Å². The predicted octanol–water partition coefficient (Wildman–Crippen LogP) is 2.09. The number of carboxylic acids is 1. The molecule has 0 aliphatic rings. The van der Waals surface area contributed by atoms with E-state index in [2.05, 4.69) is 6.92 Å². The van der Waals surface area contributed by atoms with E-state index >= 15 is 0 Å². The van der Waals surface area contributed by atoms with Crippen LogP contribution in [0.2, 0.25) is 0 Å². The number of aliphatic carboxylic acids is 1. The molecule has 0 spiro atoms. The van der Waals surface area contributed by atoms with Crippen molar-refractivity contribution < 1.29 is 19.5 Å². The van der Waals surface area contributed by atoms with Crippen LogP contribution in [0.1, 0.15) is 71.1 Å². The second-order valence-corrected chi connectivity index (χ2v) is 6.88. The minimum absolute atomic E-state index is 0.0531. The first-order valence-electron chi connectivity index (χ1n) is 8.57. The van der Waals surface area contributed by atoms with Gasteiger partial charge in [0.2, 0.25) is 0 Å². The maximum absolute atomic E-state index is 10.5. The van der Waals surface area contributed by atoms with E-state index in [-0.39, 0.29) is 12.5 Å². The molecule has 1 N–H and O–H groups in total. The summed E-state index contributed by atoms with van der Waals surface area (Å²) in [4.78, 5) is 10.5. The van der Waals surface area contributed by atoms with Gasteiger partial charge in [-0.25, -0.2) is 0 Å². The number of aliphatic hydroxyl groups excluding tert-OH is 1. The van der Waals surface area contributed by atoms with Gasteiger partial charge in [-0.15, -0.1) is 0 Å². The van der Waals surface area contributed by atoms with Gasteiger partial charge >= 0.3 is 0 Å². The molecule has 0 saturated heterocycles. The van der Waals surface area contributed by atoms with Gasteiger partial charge in [0.25, 0.3) is 0 Å². The maximum Gasteiger partial charge on any atom is 0.105 e. The van der Waals surface area contributed by atoms with Crippen molar-refractivity contribution >= 4 is 5.97 Å². The Morgan fingerprint density at radius 3 is 2.10 bits per heavy atom. The van der Waals surface area contributed by atoms with E-state index in [4.69, 9.17) is 0 Å². The van der Waals surface area contributed by atoms with Gasteiger partial charge in [-0.05, 0) is 6.42 Å². The second kappa shape index (κ2) is 12.0. The number of likely N-dealkylation sites (N-methyl/N-ethyl adjacent to an activating group) is 1. The average Bonchev–Trinajstić information content (AvgIpc) is 2.39. The molecule has 4 heteroatoms. The van der Waals surface area contributed by atoms with Gasteiger partial charge in [0.1, 0.15) is 12.6 Å². The molecule has 21 heavy (non-hydrogen) atoms. The summed E-state index contributed by atoms with van der Waals surface area (Å²) in [5, 5.41) is 20.5. The number of aliphatic hydroxyl groups is 1. The third kappa shape index (κ3) is 14.1. The van der Waals surface area contributed by atoms with Crippen molar-refractivity contribution in [1.82, 2.24) is 0 Å². The molecule has 0 aliphatic carbocycles. The third-order valence-electron chi connectivity index (χ3n) is 4.02. The Morgan fingerprint density at radius 1 is 1.05 bits per heavy atom. The third-order valence-corrected chi connectivity index (χ3v) is 4.02. The topological polar surface area (TPSA) is 60.4 Å². The highest BCUT2D eigenvalue weighted by Crippen LogP contribution is 2.12. The molecular weight excluding hydrogens is 266 g/mol. The van der Waals surface area contributed by atoms with Crippen LogP contribution in [0.4, 0.5) is 0 Å². The summed E-state index contributed by atoms with van der Waals surface area (Å²) < 4.78 is 0.534. The van der Waals surface area contributed by atoms with Gasteiger partial charge in [0.05, 0.1) is 20.6 Å². The first-order valence-corrected chi connectivity index (χ1v) is 8.57. The quantitative estimate of drug-likeness (QED) is 0.395. The molecule has 4 nitrogen and oxygen atoms in total. The molecule has 0 aromatic heterocycles. The van der Waals surface area contributed by atoms with Crippen LogP contribution >= 0.6 is 0 Å². The number of carbonyl (C=O) groups is 1. The predicted molar refractivity (Wildman–Crippen MR) is 84.7 cm³/mol. The van der Waals surface area contributed by atoms with Crippen LogP contribution in [-0.4, -0.2) is 48.8 Å². The van der Waals surface area contributed by atoms with Crippen molar-refractivity contribution in [2.45, 2.75) is 77.2 Å². The number of unbranched alkanes of at least 4 members (excludes halogenated alkanes) is 7. The van der Waals surface area contributed by atoms with Crippen molar-refractivity contribution in [3.8, 4) is 0 Å². The number of carboxylic acid groups (broad SMARTS) is 1. The minimum atomic E-state index is -1.02. The molecule has 1 unspecified atom stereocenters. The lowest BCUT2D eigenvalue weighted by Crippen LogP contribution is -2.47. The SMILES string of the molecule is CCCCCCCCCCC(O)C[N+](C)(C)CCC(=O)[O-]. The average molecular weight is 301 g/mol. The normalized spacial score (nSPS) is 13.3. The van der Waals surface area contributed by atoms with Crippen molar-refractivity contribution in [2.24, 2.45) is 0 Å². The molecule has 0 aromatic rings. The summed E-state index contributed by atoms with van der Waals surface area (Å²) in [6.45, 7) is 3.36. The lowest BCUT2D eigenvalue weighted by molar-refractivity contribution is -0.893. The van der Waals surface area contributed by atoms with Crippen LogP contribution in [0.3, 0.4) is 0 Å². The summed E-state index contributed by atoms with van der Waals surface area (Å²) in [5.74, 6) is -1.02.